The molecule has 2 rings (SSSR count). The molecule has 22 heavy (non-hydrogen) atoms. The van der Waals surface area contributed by atoms with Gasteiger partial charge in [0.2, 0.25) is 11.8 Å². The van der Waals surface area contributed by atoms with E-state index in [0.717, 1.165) is 50.3 Å². The van der Waals surface area contributed by atoms with E-state index in [0.29, 0.717) is 13.1 Å². The molecule has 0 radical (unpaired) electrons. The van der Waals surface area contributed by atoms with Gasteiger partial charge in [-0.2, -0.15) is 0 Å². The zero-order chi connectivity index (χ0) is 15.6. The van der Waals surface area contributed by atoms with E-state index in [4.69, 9.17) is 0 Å². The Morgan fingerprint density at radius 2 is 1.32 bits per heavy atom. The molecule has 0 aromatic rings. The normalized spacial score (nSPS) is 24.4. The molecule has 2 atom stereocenters. The maximum atomic E-state index is 11.7. The minimum Gasteiger partial charge on any atom is -0.354 e. The van der Waals surface area contributed by atoms with Crippen LogP contribution < -0.4 is 21.3 Å². The molecule has 2 saturated heterocycles. The second-order valence-corrected chi connectivity index (χ2v) is 8.23. The van der Waals surface area contributed by atoms with Crippen molar-refractivity contribution in [2.45, 2.75) is 37.8 Å². The summed E-state index contributed by atoms with van der Waals surface area (Å²) in [6.45, 7) is 3.30. The van der Waals surface area contributed by atoms with Gasteiger partial charge in [0.25, 0.3) is 0 Å². The number of carbonyl (C=O) groups excluding carboxylic acids is 2. The lowest BCUT2D eigenvalue weighted by Gasteiger charge is -2.11. The first-order valence-electron chi connectivity index (χ1n) is 8.04. The fraction of sp³-hybridized carbons (Fsp3) is 0.857. The lowest BCUT2D eigenvalue weighted by molar-refractivity contribution is -0.123. The molecule has 0 aromatic carbocycles. The Bertz CT molecular complexity index is 325. The number of hydrogen-bond acceptors (Lipinski definition) is 6. The first kappa shape index (κ1) is 17.9. The average Bonchev–Trinajstić information content (AvgIpc) is 3.22. The molecule has 2 fully saturated rings. The van der Waals surface area contributed by atoms with Crippen molar-refractivity contribution in [1.29, 1.82) is 0 Å². The van der Waals surface area contributed by atoms with Crippen LogP contribution in [0.2, 0.25) is 0 Å². The zero-order valence-electron chi connectivity index (χ0n) is 12.9. The van der Waals surface area contributed by atoms with Gasteiger partial charge in [0.1, 0.15) is 0 Å². The van der Waals surface area contributed by atoms with Crippen LogP contribution in [0.25, 0.3) is 0 Å². The summed E-state index contributed by atoms with van der Waals surface area (Å²) in [6, 6.07) is 0.0223. The lowest BCUT2D eigenvalue weighted by Crippen LogP contribution is -2.41. The Kier molecular flexibility index (Phi) is 8.43. The molecule has 0 aromatic heterocycles. The molecule has 0 aliphatic carbocycles. The maximum Gasteiger partial charge on any atom is 0.237 e. The van der Waals surface area contributed by atoms with E-state index in [9.17, 15) is 9.59 Å². The van der Waals surface area contributed by atoms with Crippen LogP contribution in [0.5, 0.6) is 0 Å². The number of amides is 2. The minimum absolute atomic E-state index is 0.0112. The van der Waals surface area contributed by atoms with Gasteiger partial charge in [-0.25, -0.2) is 0 Å². The zero-order valence-corrected chi connectivity index (χ0v) is 14.5. The highest BCUT2D eigenvalue weighted by Gasteiger charge is 2.21. The molecular weight excluding hydrogens is 320 g/mol. The van der Waals surface area contributed by atoms with Crippen LogP contribution in [0.15, 0.2) is 0 Å². The van der Waals surface area contributed by atoms with Crippen LogP contribution in [0, 0.1) is 0 Å². The van der Waals surface area contributed by atoms with Gasteiger partial charge in [-0.1, -0.05) is 21.6 Å². The van der Waals surface area contributed by atoms with Gasteiger partial charge < -0.3 is 21.3 Å². The summed E-state index contributed by atoms with van der Waals surface area (Å²) < 4.78 is 0. The predicted molar refractivity (Wildman–Crippen MR) is 93.0 cm³/mol. The minimum atomic E-state index is 0.0112. The third-order valence-corrected chi connectivity index (χ3v) is 6.21. The van der Waals surface area contributed by atoms with E-state index in [2.05, 4.69) is 21.3 Å². The summed E-state index contributed by atoms with van der Waals surface area (Å²) in [7, 11) is 3.47. The van der Waals surface area contributed by atoms with Crippen LogP contribution >= 0.6 is 21.6 Å². The molecule has 2 aliphatic rings. The molecule has 8 heteroatoms. The highest BCUT2D eigenvalue weighted by molar-refractivity contribution is 8.76. The van der Waals surface area contributed by atoms with E-state index >= 15 is 0 Å². The molecule has 0 spiro atoms. The summed E-state index contributed by atoms with van der Waals surface area (Å²) in [4.78, 5) is 23.5. The maximum absolute atomic E-state index is 11.7. The third kappa shape index (κ3) is 6.36. The topological polar surface area (TPSA) is 82.3 Å². The molecular formula is C14H26N4O2S2. The fourth-order valence-corrected chi connectivity index (χ4v) is 4.43. The summed E-state index contributed by atoms with van der Waals surface area (Å²) in [5.74, 6) is 2.03. The van der Waals surface area contributed by atoms with Gasteiger partial charge in [0.05, 0.1) is 12.1 Å². The van der Waals surface area contributed by atoms with E-state index in [1.54, 1.807) is 21.6 Å². The van der Waals surface area contributed by atoms with E-state index < -0.39 is 0 Å². The standard InChI is InChI=1S/C14H26N4O2S2/c19-13(11-3-1-5-15-11)17-7-9-21-22-10-8-18-14(20)12-4-2-6-16-12/h11-12,15-16H,1-10H2,(H,17,19)(H,18,20)/t11-,12-/m0/s1. The highest BCUT2D eigenvalue weighted by Crippen LogP contribution is 2.19. The number of nitrogens with one attached hydrogen (secondary N) is 4. The van der Waals surface area contributed by atoms with Crippen molar-refractivity contribution in [2.75, 3.05) is 37.7 Å². The monoisotopic (exact) mass is 346 g/mol. The van der Waals surface area contributed by atoms with E-state index in [1.807, 2.05) is 0 Å². The molecule has 2 aliphatic heterocycles. The molecule has 0 bridgehead atoms. The van der Waals surface area contributed by atoms with Crippen molar-refractivity contribution >= 4 is 33.4 Å². The van der Waals surface area contributed by atoms with Gasteiger partial charge >= 0.3 is 0 Å². The fourth-order valence-electron chi connectivity index (χ4n) is 2.61. The first-order chi connectivity index (χ1) is 10.8. The van der Waals surface area contributed by atoms with Crippen LogP contribution in [0.3, 0.4) is 0 Å². The molecule has 4 N–H and O–H groups in total. The Morgan fingerprint density at radius 3 is 1.68 bits per heavy atom. The molecule has 0 unspecified atom stereocenters. The van der Waals surface area contributed by atoms with Crippen LogP contribution in [-0.4, -0.2) is 61.6 Å². The molecule has 0 saturated carbocycles. The quantitative estimate of drug-likeness (QED) is 0.350. The van der Waals surface area contributed by atoms with Gasteiger partial charge in [0, 0.05) is 24.6 Å². The Morgan fingerprint density at radius 1 is 0.864 bits per heavy atom. The second kappa shape index (κ2) is 10.4. The SMILES string of the molecule is O=C(NCCSSCCNC(=O)[C@@H]1CCCN1)[C@@H]1CCCN1. The van der Waals surface area contributed by atoms with Crippen LogP contribution in [0.1, 0.15) is 25.7 Å². The number of rotatable bonds is 9. The number of carbonyl (C=O) groups is 2. The van der Waals surface area contributed by atoms with E-state index in [-0.39, 0.29) is 23.9 Å². The van der Waals surface area contributed by atoms with Gasteiger partial charge in [-0.15, -0.1) is 0 Å². The Labute approximate surface area is 140 Å². The van der Waals surface area contributed by atoms with Gasteiger partial charge in [0.15, 0.2) is 0 Å². The van der Waals surface area contributed by atoms with Crippen molar-refractivity contribution < 1.29 is 9.59 Å². The Balaban J connectivity index is 1.38. The first-order valence-corrected chi connectivity index (χ1v) is 10.5. The van der Waals surface area contributed by atoms with E-state index in [1.165, 1.54) is 0 Å². The number of hydrogen-bond donors (Lipinski definition) is 4. The Hall–Kier alpha value is -0.440. The summed E-state index contributed by atoms with van der Waals surface area (Å²) in [6.07, 6.45) is 4.07. The van der Waals surface area contributed by atoms with Crippen molar-refractivity contribution in [1.82, 2.24) is 21.3 Å². The summed E-state index contributed by atoms with van der Waals surface area (Å²) in [5, 5.41) is 12.3. The van der Waals surface area contributed by atoms with Crippen LogP contribution in [0.4, 0.5) is 0 Å². The lowest BCUT2D eigenvalue weighted by atomic mass is 10.2. The predicted octanol–water partition coefficient (Wildman–Crippen LogP) is 0.104. The average molecular weight is 347 g/mol. The summed E-state index contributed by atoms with van der Waals surface area (Å²) >= 11 is 0. The van der Waals surface area contributed by atoms with Gasteiger partial charge in [-0.3, -0.25) is 9.59 Å². The molecule has 2 amide bonds. The van der Waals surface area contributed by atoms with Crippen molar-refractivity contribution in [3.63, 3.8) is 0 Å². The smallest absolute Gasteiger partial charge is 0.237 e. The third-order valence-electron chi connectivity index (χ3n) is 3.81. The highest BCUT2D eigenvalue weighted by atomic mass is 33.1. The van der Waals surface area contributed by atoms with Gasteiger partial charge in [-0.05, 0) is 38.8 Å². The second-order valence-electron chi connectivity index (χ2n) is 5.52. The van der Waals surface area contributed by atoms with Crippen molar-refractivity contribution in [3.8, 4) is 0 Å². The van der Waals surface area contributed by atoms with Crippen molar-refractivity contribution in [3.05, 3.63) is 0 Å². The molecule has 2 heterocycles. The molecule has 6 nitrogen and oxygen atoms in total. The van der Waals surface area contributed by atoms with Crippen LogP contribution in [-0.2, 0) is 9.59 Å². The summed E-state index contributed by atoms with van der Waals surface area (Å²) in [5.41, 5.74) is 0. The largest absolute Gasteiger partial charge is 0.354 e. The molecule has 126 valence electrons. The van der Waals surface area contributed by atoms with Crippen molar-refractivity contribution in [2.24, 2.45) is 0 Å².